The average molecular weight is 1010 g/mol. The lowest BCUT2D eigenvalue weighted by atomic mass is 10.1. The van der Waals surface area contributed by atoms with Crippen LogP contribution >= 0.6 is 0 Å². The summed E-state index contributed by atoms with van der Waals surface area (Å²) in [5.41, 5.74) is -0.198. The lowest BCUT2D eigenvalue weighted by molar-refractivity contribution is 0.239. The third-order valence-electron chi connectivity index (χ3n) is 9.09. The van der Waals surface area contributed by atoms with Gasteiger partial charge in [-0.3, -0.25) is 18.2 Å². The number of aliphatic hydroxyl groups is 2. The zero-order chi connectivity index (χ0) is 49.0. The molecule has 364 valence electrons. The van der Waals surface area contributed by atoms with Crippen LogP contribution in [0.1, 0.15) is 38.8 Å². The molecule has 2 heterocycles. The number of aliphatic hydroxyl groups excluding tert-OH is 2. The molecule has 0 saturated heterocycles. The number of anilines is 8. The maximum Gasteiger partial charge on any atom is 0.295 e. The summed E-state index contributed by atoms with van der Waals surface area (Å²) in [6.07, 6.45) is 2.33. The first-order valence-corrected chi connectivity index (χ1v) is 26.0. The monoisotopic (exact) mass is 1000 g/mol. The van der Waals surface area contributed by atoms with Crippen molar-refractivity contribution in [1.29, 1.82) is 0 Å². The van der Waals surface area contributed by atoms with Gasteiger partial charge in [-0.05, 0) is 61.1 Å². The third kappa shape index (κ3) is 16.8. The van der Waals surface area contributed by atoms with Crippen molar-refractivity contribution in [3.8, 4) is 0 Å². The van der Waals surface area contributed by atoms with Crippen molar-refractivity contribution in [2.75, 3.05) is 95.1 Å². The molecule has 10 N–H and O–H groups in total. The van der Waals surface area contributed by atoms with Gasteiger partial charge in [0.1, 0.15) is 9.79 Å². The smallest absolute Gasteiger partial charge is 0.295 e. The van der Waals surface area contributed by atoms with Crippen LogP contribution in [0.2, 0.25) is 0 Å². The highest BCUT2D eigenvalue weighted by Gasteiger charge is 2.21. The summed E-state index contributed by atoms with van der Waals surface area (Å²) in [5, 5.41) is 30.2. The Bertz CT molecular complexity index is 2620. The largest absolute Gasteiger partial charge is 0.396 e. The van der Waals surface area contributed by atoms with E-state index < -0.39 is 61.8 Å². The number of aromatic nitrogens is 6. The zero-order valence-electron chi connectivity index (χ0n) is 36.0. The van der Waals surface area contributed by atoms with E-state index in [1.165, 1.54) is 36.4 Å². The number of hydrogen-bond acceptors (Lipinski definition) is 22. The first-order valence-electron chi connectivity index (χ1n) is 19.9. The molecule has 2 aromatic carbocycles. The number of nitrogens with one attached hydrogen (secondary N) is 4. The molecule has 30 heteroatoms. The van der Waals surface area contributed by atoms with E-state index in [9.17, 15) is 53.0 Å². The van der Waals surface area contributed by atoms with Crippen molar-refractivity contribution in [3.63, 3.8) is 0 Å². The van der Waals surface area contributed by atoms with Crippen molar-refractivity contribution in [2.45, 2.75) is 37.5 Å². The van der Waals surface area contributed by atoms with Crippen LogP contribution in [0.15, 0.2) is 46.2 Å². The molecule has 2 atom stereocenters. The maximum atomic E-state index is 12.7. The van der Waals surface area contributed by atoms with Gasteiger partial charge in [0.15, 0.2) is 0 Å². The van der Waals surface area contributed by atoms with E-state index in [2.05, 4.69) is 51.2 Å². The quantitative estimate of drug-likeness (QED) is 0.0316. The van der Waals surface area contributed by atoms with Crippen molar-refractivity contribution >= 4 is 99.7 Å². The van der Waals surface area contributed by atoms with Crippen LogP contribution in [0.25, 0.3) is 12.2 Å². The summed E-state index contributed by atoms with van der Waals surface area (Å²) in [6.45, 7) is 7.65. The SMILES string of the molecule is CCN(CC(C)CO)c1nc(NCCS(=O)(=O)O)nc(Nc2ccc(/C=C/c3ccc(Nc4nc(NCCS(=O)(=O)O)nc(N(CC)CC(C)CO)n4)cc3S(=O)(=O)O)c(S(=O)(=O)O)c2)n1. The average Bonchev–Trinajstić information content (AvgIpc) is 3.22. The van der Waals surface area contributed by atoms with E-state index in [0.717, 1.165) is 12.1 Å². The molecule has 0 radical (unpaired) electrons. The molecule has 2 unspecified atom stereocenters. The fourth-order valence-electron chi connectivity index (χ4n) is 5.82. The number of nitrogens with zero attached hydrogens (tertiary/aromatic N) is 8. The molecular weight excluding hydrogens is 953 g/mol. The molecule has 0 bridgehead atoms. The molecule has 0 amide bonds. The number of hydrogen-bond donors (Lipinski definition) is 10. The van der Waals surface area contributed by atoms with Gasteiger partial charge in [-0.1, -0.05) is 38.1 Å². The molecule has 4 rings (SSSR count). The second kappa shape index (κ2) is 22.8. The van der Waals surface area contributed by atoms with Gasteiger partial charge in [0, 0.05) is 63.9 Å². The van der Waals surface area contributed by atoms with Gasteiger partial charge >= 0.3 is 0 Å². The minimum atomic E-state index is -4.97. The van der Waals surface area contributed by atoms with E-state index >= 15 is 0 Å². The Labute approximate surface area is 382 Å². The highest BCUT2D eigenvalue weighted by atomic mass is 32.2. The molecule has 0 fully saturated rings. The van der Waals surface area contributed by atoms with Gasteiger partial charge in [0.25, 0.3) is 40.5 Å². The summed E-state index contributed by atoms with van der Waals surface area (Å²) >= 11 is 0. The molecule has 0 saturated carbocycles. The lowest BCUT2D eigenvalue weighted by Gasteiger charge is -2.24. The molecular formula is C36H52N12O14S4. The highest BCUT2D eigenvalue weighted by molar-refractivity contribution is 7.86. The summed E-state index contributed by atoms with van der Waals surface area (Å²) in [6, 6.07) is 7.35. The molecule has 26 nitrogen and oxygen atoms in total. The molecule has 0 spiro atoms. The Morgan fingerprint density at radius 3 is 1.21 bits per heavy atom. The van der Waals surface area contributed by atoms with Gasteiger partial charge in [-0.2, -0.15) is 63.6 Å². The predicted octanol–water partition coefficient (Wildman–Crippen LogP) is 1.72. The number of benzene rings is 2. The van der Waals surface area contributed by atoms with Gasteiger partial charge < -0.3 is 41.3 Å². The van der Waals surface area contributed by atoms with Crippen molar-refractivity contribution in [1.82, 2.24) is 29.9 Å². The Morgan fingerprint density at radius 1 is 0.561 bits per heavy atom. The van der Waals surface area contributed by atoms with Gasteiger partial charge in [-0.15, -0.1) is 0 Å². The van der Waals surface area contributed by atoms with Crippen LogP contribution in [-0.2, 0) is 40.5 Å². The van der Waals surface area contributed by atoms with E-state index in [4.69, 9.17) is 9.11 Å². The van der Waals surface area contributed by atoms with Gasteiger partial charge in [0.2, 0.25) is 35.7 Å². The molecule has 0 aliphatic heterocycles. The second-order valence-corrected chi connectivity index (χ2v) is 20.6. The van der Waals surface area contributed by atoms with Crippen LogP contribution in [0.3, 0.4) is 0 Å². The van der Waals surface area contributed by atoms with Crippen molar-refractivity contribution in [3.05, 3.63) is 47.5 Å². The van der Waals surface area contributed by atoms with E-state index in [1.807, 2.05) is 0 Å². The van der Waals surface area contributed by atoms with E-state index in [-0.39, 0.29) is 96.3 Å². The predicted molar refractivity (Wildman–Crippen MR) is 246 cm³/mol. The summed E-state index contributed by atoms with van der Waals surface area (Å²) in [5.74, 6) is -2.12. The van der Waals surface area contributed by atoms with Crippen LogP contribution < -0.4 is 31.1 Å². The normalized spacial score (nSPS) is 13.3. The molecule has 0 aliphatic carbocycles. The maximum absolute atomic E-state index is 12.7. The zero-order valence-corrected chi connectivity index (χ0v) is 39.3. The molecule has 2 aromatic heterocycles. The Kier molecular flexibility index (Phi) is 18.4. The molecule has 66 heavy (non-hydrogen) atoms. The van der Waals surface area contributed by atoms with Crippen LogP contribution in [0.5, 0.6) is 0 Å². The van der Waals surface area contributed by atoms with Crippen LogP contribution in [0.4, 0.5) is 47.1 Å². The minimum absolute atomic E-state index is 0.0323. The lowest BCUT2D eigenvalue weighted by Crippen LogP contribution is -2.31. The van der Waals surface area contributed by atoms with Crippen molar-refractivity contribution < 1.29 is 62.1 Å². The summed E-state index contributed by atoms with van der Waals surface area (Å²) in [4.78, 5) is 27.9. The van der Waals surface area contributed by atoms with Crippen molar-refractivity contribution in [2.24, 2.45) is 11.8 Å². The fraction of sp³-hybridized carbons (Fsp3) is 0.444. The first kappa shape index (κ1) is 53.2. The first-order chi connectivity index (χ1) is 30.8. The Hall–Kier alpha value is -5.44. The molecule has 0 aliphatic rings. The Morgan fingerprint density at radius 2 is 0.909 bits per heavy atom. The third-order valence-corrected chi connectivity index (χ3v) is 12.3. The van der Waals surface area contributed by atoms with E-state index in [0.29, 0.717) is 26.2 Å². The summed E-state index contributed by atoms with van der Waals surface area (Å²) in [7, 11) is -18.6. The molecule has 4 aromatic rings. The second-order valence-electron chi connectivity index (χ2n) is 14.7. The van der Waals surface area contributed by atoms with Crippen LogP contribution in [-0.4, -0.2) is 156 Å². The Balaban J connectivity index is 1.70. The summed E-state index contributed by atoms with van der Waals surface area (Å²) < 4.78 is 135. The topological polar surface area (TPSA) is 390 Å². The van der Waals surface area contributed by atoms with E-state index in [1.54, 1.807) is 37.5 Å². The van der Waals surface area contributed by atoms with Crippen LogP contribution in [0, 0.1) is 11.8 Å². The minimum Gasteiger partial charge on any atom is -0.396 e. The fourth-order valence-corrected chi connectivity index (χ4v) is 7.96. The van der Waals surface area contributed by atoms with Gasteiger partial charge in [0.05, 0.1) is 11.5 Å². The number of rotatable bonds is 26. The standard InChI is InChI=1S/C36H52N12O14S4/c1-5-47(19-23(3)21-49)35-43-31(37-13-15-63(51,52)53)41-33(45-35)39-27-11-9-25(29(17-27)65(57,58)59)7-8-26-10-12-28(18-30(26)66(60,61)62)40-34-42-32(38-14-16-64(54,55)56)44-36(46-34)48(6-2)20-24(4)22-50/h7-12,17-18,23-24,49-50H,5-6,13-16,19-22H2,1-4H3,(H,51,52,53)(H,54,55,56)(H,57,58,59)(H,60,61,62)(H2,37,39,41,43,45)(H2,38,40,42,44,46)/b8-7+. The van der Waals surface area contributed by atoms with Gasteiger partial charge in [-0.25, -0.2) is 0 Å². The highest BCUT2D eigenvalue weighted by Crippen LogP contribution is 2.29.